The van der Waals surface area contributed by atoms with Crippen LogP contribution in [-0.2, 0) is 14.3 Å². The summed E-state index contributed by atoms with van der Waals surface area (Å²) in [5, 5.41) is 43.2. The number of carbonyl (C=O) groups excluding carboxylic acids is 3. The third-order valence-electron chi connectivity index (χ3n) is 7.43. The summed E-state index contributed by atoms with van der Waals surface area (Å²) in [6.45, 7) is 5.48. The fourth-order valence-corrected chi connectivity index (χ4v) is 7.00. The first-order valence-corrected chi connectivity index (χ1v) is 18.6. The van der Waals surface area contributed by atoms with E-state index in [1.807, 2.05) is 30.3 Å². The molecule has 260 valence electrons. The monoisotopic (exact) mass is 720 g/mol. The number of unbranched alkanes of at least 4 members (excludes halogenated alkanes) is 4. The minimum absolute atomic E-state index is 0.0575. The molecular formula is C34H49AsN2O10. The number of hydrogen-bond acceptors (Lipinski definition) is 10. The zero-order valence-corrected chi connectivity index (χ0v) is 29.4. The van der Waals surface area contributed by atoms with Gasteiger partial charge in [-0.15, -0.1) is 0 Å². The van der Waals surface area contributed by atoms with Crippen molar-refractivity contribution in [2.75, 3.05) is 25.0 Å². The van der Waals surface area contributed by atoms with Crippen molar-refractivity contribution in [3.05, 3.63) is 60.2 Å². The first-order chi connectivity index (χ1) is 22.4. The molecule has 1 fully saturated rings. The molecule has 47 heavy (non-hydrogen) atoms. The molecular weight excluding hydrogens is 671 g/mol. The number of aliphatic hydroxyl groups excluding tert-OH is 4. The summed E-state index contributed by atoms with van der Waals surface area (Å²) < 4.78 is 16.8. The Balaban J connectivity index is 1.40. The predicted molar refractivity (Wildman–Crippen MR) is 178 cm³/mol. The Hall–Kier alpha value is -2.99. The summed E-state index contributed by atoms with van der Waals surface area (Å²) >= 11 is -0.653. The Morgan fingerprint density at radius 1 is 0.872 bits per heavy atom. The maximum absolute atomic E-state index is 12.9. The van der Waals surface area contributed by atoms with Crippen molar-refractivity contribution >= 4 is 38.0 Å². The van der Waals surface area contributed by atoms with Gasteiger partial charge in [0.25, 0.3) is 0 Å². The van der Waals surface area contributed by atoms with E-state index in [2.05, 4.69) is 5.32 Å². The number of nitrogens with one attached hydrogen (secondary N) is 1. The van der Waals surface area contributed by atoms with Crippen molar-refractivity contribution in [2.24, 2.45) is 0 Å². The Labute approximate surface area is 283 Å². The Morgan fingerprint density at radius 3 is 2.19 bits per heavy atom. The fourth-order valence-electron chi connectivity index (χ4n) is 4.85. The second-order valence-electron chi connectivity index (χ2n) is 12.5. The van der Waals surface area contributed by atoms with Gasteiger partial charge >= 0.3 is 181 Å². The average molecular weight is 721 g/mol. The molecule has 0 bridgehead atoms. The molecule has 6 unspecified atom stereocenters. The zero-order valence-electron chi connectivity index (χ0n) is 27.3. The van der Waals surface area contributed by atoms with Gasteiger partial charge in [0.05, 0.1) is 6.61 Å². The number of rotatable bonds is 17. The molecule has 6 atom stereocenters. The number of benzene rings is 2. The first-order valence-electron chi connectivity index (χ1n) is 16.1. The Bertz CT molecular complexity index is 1260. The maximum atomic E-state index is 12.9. The van der Waals surface area contributed by atoms with Crippen LogP contribution < -0.4 is 10.1 Å². The number of aliphatic hydroxyl groups is 4. The van der Waals surface area contributed by atoms with E-state index in [9.17, 15) is 34.8 Å². The topological polar surface area (TPSA) is 175 Å². The number of nitrogens with zero attached hydrogens (tertiary/aromatic N) is 1. The van der Waals surface area contributed by atoms with Crippen LogP contribution in [0.3, 0.4) is 0 Å². The van der Waals surface area contributed by atoms with Crippen LogP contribution in [0.2, 0.25) is 5.21 Å². The summed E-state index contributed by atoms with van der Waals surface area (Å²) in [5.74, 6) is -0.0269. The number of ether oxygens (including phenoxy) is 3. The van der Waals surface area contributed by atoms with Gasteiger partial charge in [-0.2, -0.15) is 0 Å². The smallest absolute Gasteiger partial charge is 0.462 e. The SMILES string of the molecule is CC(C)(C)OC(=O)N(CCCCCCC[AsH]C(=O)c1ccccc1)CCC(=O)Nc1ccc(OC2OC(CO)C(O)C(O)C2O)cc1. The molecule has 5 N–H and O–H groups in total. The molecule has 0 aliphatic carbocycles. The van der Waals surface area contributed by atoms with E-state index in [0.29, 0.717) is 16.8 Å². The van der Waals surface area contributed by atoms with Gasteiger partial charge in [0.2, 0.25) is 6.29 Å². The van der Waals surface area contributed by atoms with E-state index in [0.717, 1.165) is 42.9 Å². The van der Waals surface area contributed by atoms with Crippen LogP contribution in [0, 0.1) is 0 Å². The molecule has 13 heteroatoms. The molecule has 1 saturated heterocycles. The summed E-state index contributed by atoms with van der Waals surface area (Å²) in [4.78, 5) is 39.5. The third-order valence-corrected chi connectivity index (χ3v) is 9.97. The second-order valence-corrected chi connectivity index (χ2v) is 15.2. The quantitative estimate of drug-likeness (QED) is 0.121. The molecule has 1 aliphatic rings. The van der Waals surface area contributed by atoms with Gasteiger partial charge in [-0.05, 0) is 24.3 Å². The van der Waals surface area contributed by atoms with Crippen LogP contribution in [0.15, 0.2) is 54.6 Å². The predicted octanol–water partition coefficient (Wildman–Crippen LogP) is 3.08. The zero-order chi connectivity index (χ0) is 34.4. The van der Waals surface area contributed by atoms with E-state index in [-0.39, 0.29) is 24.6 Å². The van der Waals surface area contributed by atoms with E-state index in [1.54, 1.807) is 37.8 Å². The molecule has 0 radical (unpaired) electrons. The Morgan fingerprint density at radius 2 is 1.53 bits per heavy atom. The molecule has 0 spiro atoms. The summed E-state index contributed by atoms with van der Waals surface area (Å²) in [7, 11) is 0. The fraction of sp³-hybridized carbons (Fsp3) is 0.559. The van der Waals surface area contributed by atoms with Gasteiger partial charge in [0.1, 0.15) is 30.2 Å². The third kappa shape index (κ3) is 13.2. The van der Waals surface area contributed by atoms with Crippen molar-refractivity contribution in [1.82, 2.24) is 4.90 Å². The summed E-state index contributed by atoms with van der Waals surface area (Å²) in [6, 6.07) is 15.7. The summed E-state index contributed by atoms with van der Waals surface area (Å²) in [5.41, 5.74) is 0.617. The van der Waals surface area contributed by atoms with Crippen molar-refractivity contribution < 1.29 is 49.0 Å². The minimum atomic E-state index is -1.56. The van der Waals surface area contributed by atoms with Gasteiger partial charge in [-0.1, -0.05) is 0 Å². The van der Waals surface area contributed by atoms with E-state index >= 15 is 0 Å². The van der Waals surface area contributed by atoms with Crippen molar-refractivity contribution in [2.45, 2.75) is 101 Å². The van der Waals surface area contributed by atoms with Gasteiger partial charge in [0, 0.05) is 5.69 Å². The standard InChI is InChI=1S/C34H49AsN2O10/c1-34(2,3)47-33(44)37(20-11-6-4-5-10-19-35-31(43)23-12-8-7-9-13-23)21-18-27(39)36-24-14-16-25(17-15-24)45-32-30(42)29(41)28(40)26(22-38)46-32/h7-9,12-17,26,28-30,32,35,38,40-42H,4-6,10-11,18-22H2,1-3H3,(H,36,39). The van der Waals surface area contributed by atoms with Gasteiger partial charge in [-0.25, -0.2) is 0 Å². The van der Waals surface area contributed by atoms with E-state index in [1.165, 1.54) is 12.1 Å². The van der Waals surface area contributed by atoms with Crippen LogP contribution >= 0.6 is 0 Å². The van der Waals surface area contributed by atoms with E-state index in [4.69, 9.17) is 14.2 Å². The van der Waals surface area contributed by atoms with Crippen molar-refractivity contribution in [1.29, 1.82) is 0 Å². The molecule has 2 aromatic carbocycles. The number of carbonyl (C=O) groups is 3. The van der Waals surface area contributed by atoms with Gasteiger partial charge in [-0.3, -0.25) is 0 Å². The van der Waals surface area contributed by atoms with Crippen LogP contribution in [0.1, 0.15) is 69.7 Å². The van der Waals surface area contributed by atoms with Crippen LogP contribution in [0.4, 0.5) is 10.5 Å². The molecule has 2 aromatic rings. The molecule has 12 nitrogen and oxygen atoms in total. The van der Waals surface area contributed by atoms with Gasteiger partial charge in [0.15, 0.2) is 0 Å². The number of amides is 2. The van der Waals surface area contributed by atoms with Gasteiger partial charge < -0.3 is 29.9 Å². The molecule has 0 aromatic heterocycles. The summed E-state index contributed by atoms with van der Waals surface area (Å²) in [6.07, 6.45) is -2.64. The number of hydrogen-bond donors (Lipinski definition) is 5. The van der Waals surface area contributed by atoms with Crippen molar-refractivity contribution in [3.8, 4) is 5.75 Å². The first kappa shape index (κ1) is 38.5. The molecule has 0 saturated carbocycles. The molecule has 1 heterocycles. The van der Waals surface area contributed by atoms with Crippen LogP contribution in [0.25, 0.3) is 0 Å². The van der Waals surface area contributed by atoms with Crippen molar-refractivity contribution in [3.63, 3.8) is 0 Å². The van der Waals surface area contributed by atoms with E-state index < -0.39 is 64.8 Å². The number of anilines is 1. The second kappa shape index (κ2) is 19.1. The van der Waals surface area contributed by atoms with Crippen LogP contribution in [0.5, 0.6) is 5.75 Å². The Kier molecular flexibility index (Phi) is 15.6. The normalized spacial score (nSPS) is 21.4. The molecule has 3 rings (SSSR count). The average Bonchev–Trinajstić information content (AvgIpc) is 3.04. The molecule has 2 amide bonds. The molecule has 1 aliphatic heterocycles. The minimum Gasteiger partial charge on any atom is -0.462 e. The van der Waals surface area contributed by atoms with Crippen LogP contribution in [-0.4, -0.2) is 114 Å².